The molecule has 0 saturated carbocycles. The molecular formula is C14H19N3. The summed E-state index contributed by atoms with van der Waals surface area (Å²) in [6.07, 6.45) is 6.14. The minimum Gasteiger partial charge on any atom is -0.315 e. The van der Waals surface area contributed by atoms with Crippen LogP contribution in [0.2, 0.25) is 0 Å². The molecule has 1 aromatic carbocycles. The molecule has 3 heteroatoms. The second-order valence-corrected chi connectivity index (χ2v) is 4.11. The fourth-order valence-electron chi connectivity index (χ4n) is 1.81. The minimum absolute atomic E-state index is 0.943. The summed E-state index contributed by atoms with van der Waals surface area (Å²) in [5.41, 5.74) is 1.42. The molecule has 2 aromatic rings. The van der Waals surface area contributed by atoms with Gasteiger partial charge in [0, 0.05) is 18.9 Å². The summed E-state index contributed by atoms with van der Waals surface area (Å²) < 4.78 is 1.95. The summed E-state index contributed by atoms with van der Waals surface area (Å²) in [5, 5.41) is 7.59. The van der Waals surface area contributed by atoms with E-state index in [0.29, 0.717) is 0 Å². The van der Waals surface area contributed by atoms with Crippen molar-refractivity contribution in [3.63, 3.8) is 0 Å². The lowest BCUT2D eigenvalue weighted by molar-refractivity contribution is 0.547. The minimum atomic E-state index is 0.943. The van der Waals surface area contributed by atoms with Crippen LogP contribution in [0.15, 0.2) is 48.8 Å². The molecule has 0 saturated heterocycles. The number of aromatic nitrogens is 2. The van der Waals surface area contributed by atoms with Crippen molar-refractivity contribution in [1.82, 2.24) is 15.1 Å². The average Bonchev–Trinajstić information content (AvgIpc) is 2.88. The van der Waals surface area contributed by atoms with Crippen LogP contribution in [0.25, 0.3) is 0 Å². The van der Waals surface area contributed by atoms with Crippen LogP contribution in [0.1, 0.15) is 12.0 Å². The number of aryl methyl sites for hydroxylation is 1. The Morgan fingerprint density at radius 1 is 1.06 bits per heavy atom. The van der Waals surface area contributed by atoms with Crippen molar-refractivity contribution in [2.75, 3.05) is 13.1 Å². The molecule has 90 valence electrons. The van der Waals surface area contributed by atoms with Gasteiger partial charge in [0.2, 0.25) is 0 Å². The van der Waals surface area contributed by atoms with Crippen molar-refractivity contribution < 1.29 is 0 Å². The van der Waals surface area contributed by atoms with Gasteiger partial charge in [-0.25, -0.2) is 0 Å². The van der Waals surface area contributed by atoms with Gasteiger partial charge in [-0.15, -0.1) is 0 Å². The van der Waals surface area contributed by atoms with Gasteiger partial charge < -0.3 is 5.32 Å². The lowest BCUT2D eigenvalue weighted by Gasteiger charge is -2.05. The van der Waals surface area contributed by atoms with E-state index in [4.69, 9.17) is 0 Å². The maximum absolute atomic E-state index is 4.16. The standard InChI is InChI=1S/C14H19N3/c1-2-6-14(7-3-1)8-4-9-15-11-13-17-12-5-10-16-17/h1-3,5-7,10,12,15H,4,8-9,11,13H2. The van der Waals surface area contributed by atoms with Gasteiger partial charge in [0.15, 0.2) is 0 Å². The molecule has 1 aromatic heterocycles. The topological polar surface area (TPSA) is 29.9 Å². The van der Waals surface area contributed by atoms with Gasteiger partial charge >= 0.3 is 0 Å². The van der Waals surface area contributed by atoms with Crippen LogP contribution in [0.4, 0.5) is 0 Å². The number of nitrogens with zero attached hydrogens (tertiary/aromatic N) is 2. The maximum atomic E-state index is 4.16. The highest BCUT2D eigenvalue weighted by molar-refractivity contribution is 5.14. The largest absolute Gasteiger partial charge is 0.315 e. The Morgan fingerprint density at radius 3 is 2.71 bits per heavy atom. The lowest BCUT2D eigenvalue weighted by atomic mass is 10.1. The summed E-state index contributed by atoms with van der Waals surface area (Å²) in [6.45, 7) is 2.99. The number of nitrogens with one attached hydrogen (secondary N) is 1. The van der Waals surface area contributed by atoms with E-state index in [-0.39, 0.29) is 0 Å². The predicted octanol–water partition coefficient (Wildman–Crippen LogP) is 2.11. The Hall–Kier alpha value is -1.61. The van der Waals surface area contributed by atoms with Crippen molar-refractivity contribution in [3.05, 3.63) is 54.4 Å². The third kappa shape index (κ3) is 4.41. The van der Waals surface area contributed by atoms with Crippen LogP contribution in [0.3, 0.4) is 0 Å². The molecule has 0 bridgehead atoms. The smallest absolute Gasteiger partial charge is 0.0533 e. The SMILES string of the molecule is c1ccc(CCCNCCn2cccn2)cc1. The molecule has 0 aliphatic rings. The molecule has 1 N–H and O–H groups in total. The van der Waals surface area contributed by atoms with Crippen LogP contribution in [0.5, 0.6) is 0 Å². The summed E-state index contributed by atoms with van der Waals surface area (Å²) in [7, 11) is 0. The summed E-state index contributed by atoms with van der Waals surface area (Å²) >= 11 is 0. The lowest BCUT2D eigenvalue weighted by Crippen LogP contribution is -2.21. The summed E-state index contributed by atoms with van der Waals surface area (Å²) in [4.78, 5) is 0. The highest BCUT2D eigenvalue weighted by atomic mass is 15.3. The molecule has 17 heavy (non-hydrogen) atoms. The Morgan fingerprint density at radius 2 is 1.94 bits per heavy atom. The zero-order valence-corrected chi connectivity index (χ0v) is 10.0. The molecule has 0 spiro atoms. The van der Waals surface area contributed by atoms with E-state index in [9.17, 15) is 0 Å². The highest BCUT2D eigenvalue weighted by Gasteiger charge is 1.93. The third-order valence-corrected chi connectivity index (χ3v) is 2.74. The molecule has 1 heterocycles. The average molecular weight is 229 g/mol. The molecule has 0 radical (unpaired) electrons. The number of hydrogen-bond donors (Lipinski definition) is 1. The van der Waals surface area contributed by atoms with Gasteiger partial charge in [-0.2, -0.15) is 5.10 Å². The van der Waals surface area contributed by atoms with Crippen LogP contribution >= 0.6 is 0 Å². The van der Waals surface area contributed by atoms with E-state index in [2.05, 4.69) is 40.7 Å². The maximum Gasteiger partial charge on any atom is 0.0533 e. The molecule has 3 nitrogen and oxygen atoms in total. The Kier molecular flexibility index (Phi) is 4.79. The van der Waals surface area contributed by atoms with E-state index in [0.717, 1.165) is 26.1 Å². The van der Waals surface area contributed by atoms with E-state index in [1.165, 1.54) is 12.0 Å². The van der Waals surface area contributed by atoms with Crippen LogP contribution < -0.4 is 5.32 Å². The molecular weight excluding hydrogens is 210 g/mol. The monoisotopic (exact) mass is 229 g/mol. The van der Waals surface area contributed by atoms with Crippen LogP contribution in [0, 0.1) is 0 Å². The van der Waals surface area contributed by atoms with Gasteiger partial charge in [-0.1, -0.05) is 30.3 Å². The van der Waals surface area contributed by atoms with Crippen molar-refractivity contribution in [3.8, 4) is 0 Å². The molecule has 0 unspecified atom stereocenters. The van der Waals surface area contributed by atoms with Crippen molar-refractivity contribution in [2.45, 2.75) is 19.4 Å². The Bertz CT molecular complexity index is 395. The molecule has 0 fully saturated rings. The van der Waals surface area contributed by atoms with Crippen molar-refractivity contribution >= 4 is 0 Å². The second kappa shape index (κ2) is 6.86. The fraction of sp³-hybridized carbons (Fsp3) is 0.357. The van der Waals surface area contributed by atoms with Crippen molar-refractivity contribution in [1.29, 1.82) is 0 Å². The van der Waals surface area contributed by atoms with Gasteiger partial charge in [-0.3, -0.25) is 4.68 Å². The van der Waals surface area contributed by atoms with Crippen LogP contribution in [-0.2, 0) is 13.0 Å². The number of benzene rings is 1. The highest BCUT2D eigenvalue weighted by Crippen LogP contribution is 2.01. The van der Waals surface area contributed by atoms with Gasteiger partial charge in [0.05, 0.1) is 6.54 Å². The zero-order chi connectivity index (χ0) is 11.8. The van der Waals surface area contributed by atoms with Crippen LogP contribution in [-0.4, -0.2) is 22.9 Å². The van der Waals surface area contributed by atoms with Gasteiger partial charge in [0.25, 0.3) is 0 Å². The number of hydrogen-bond acceptors (Lipinski definition) is 2. The summed E-state index contributed by atoms with van der Waals surface area (Å²) in [5.74, 6) is 0. The first-order valence-electron chi connectivity index (χ1n) is 6.17. The first kappa shape index (κ1) is 11.9. The van der Waals surface area contributed by atoms with Gasteiger partial charge in [0.1, 0.15) is 0 Å². The summed E-state index contributed by atoms with van der Waals surface area (Å²) in [6, 6.07) is 12.6. The quantitative estimate of drug-likeness (QED) is 0.737. The van der Waals surface area contributed by atoms with Crippen molar-refractivity contribution in [2.24, 2.45) is 0 Å². The Balaban J connectivity index is 1.52. The first-order chi connectivity index (χ1) is 8.45. The van der Waals surface area contributed by atoms with Gasteiger partial charge in [-0.05, 0) is 31.0 Å². The molecule has 2 rings (SSSR count). The second-order valence-electron chi connectivity index (χ2n) is 4.11. The van der Waals surface area contributed by atoms with E-state index < -0.39 is 0 Å². The Labute approximate surface area is 102 Å². The predicted molar refractivity (Wildman–Crippen MR) is 69.9 cm³/mol. The molecule has 0 aliphatic heterocycles. The van der Waals surface area contributed by atoms with E-state index in [1.54, 1.807) is 0 Å². The molecule has 0 aliphatic carbocycles. The third-order valence-electron chi connectivity index (χ3n) is 2.74. The molecule has 0 atom stereocenters. The first-order valence-corrected chi connectivity index (χ1v) is 6.17. The fourth-order valence-corrected chi connectivity index (χ4v) is 1.81. The number of rotatable bonds is 7. The zero-order valence-electron chi connectivity index (χ0n) is 10.0. The van der Waals surface area contributed by atoms with E-state index >= 15 is 0 Å². The normalized spacial score (nSPS) is 10.6. The molecule has 0 amide bonds. The van der Waals surface area contributed by atoms with E-state index in [1.807, 2.05) is 23.1 Å².